The predicted octanol–water partition coefficient (Wildman–Crippen LogP) is 0.829. The minimum Gasteiger partial charge on any atom is -0.377 e. The van der Waals surface area contributed by atoms with Gasteiger partial charge in [0, 0.05) is 52.3 Å². The maximum Gasteiger partial charge on any atom is 0.500 e. The molecule has 5 nitrogen and oxygen atoms in total. The van der Waals surface area contributed by atoms with E-state index in [0.717, 1.165) is 44.0 Å². The number of hydrogen-bond donors (Lipinski definition) is 2. The summed E-state index contributed by atoms with van der Waals surface area (Å²) in [5.41, 5.74) is 0. The first-order valence-electron chi connectivity index (χ1n) is 5.87. The van der Waals surface area contributed by atoms with Crippen molar-refractivity contribution in [3.05, 3.63) is 0 Å². The van der Waals surface area contributed by atoms with Crippen molar-refractivity contribution in [1.82, 2.24) is 10.6 Å². The Morgan fingerprint density at radius 1 is 0.882 bits per heavy atom. The molecule has 2 N–H and O–H groups in total. The fraction of sp³-hybridized carbons (Fsp3) is 1.00. The lowest BCUT2D eigenvalue weighted by atomic mass is 10.4. The van der Waals surface area contributed by atoms with Crippen LogP contribution in [0.4, 0.5) is 0 Å². The zero-order valence-electron chi connectivity index (χ0n) is 11.1. The molecule has 0 aromatic heterocycles. The molecule has 0 aliphatic rings. The zero-order chi connectivity index (χ0) is 13.0. The van der Waals surface area contributed by atoms with E-state index in [0.29, 0.717) is 0 Å². The van der Waals surface area contributed by atoms with Crippen LogP contribution in [-0.2, 0) is 13.3 Å². The van der Waals surface area contributed by atoms with Gasteiger partial charge in [0.05, 0.1) is 0 Å². The van der Waals surface area contributed by atoms with Crippen molar-refractivity contribution in [2.24, 2.45) is 0 Å². The van der Waals surface area contributed by atoms with Gasteiger partial charge in [0.2, 0.25) is 0 Å². The first kappa shape index (κ1) is 17.5. The van der Waals surface area contributed by atoms with Crippen LogP contribution in [0, 0.1) is 0 Å². The summed E-state index contributed by atoms with van der Waals surface area (Å²) in [7, 11) is 2.59. The zero-order valence-corrected chi connectivity index (χ0v) is 13.6. The van der Waals surface area contributed by atoms with Gasteiger partial charge < -0.3 is 23.9 Å². The van der Waals surface area contributed by atoms with Crippen LogP contribution in [-0.4, -0.2) is 61.6 Å². The van der Waals surface area contributed by atoms with Crippen molar-refractivity contribution in [3.8, 4) is 0 Å². The summed E-state index contributed by atoms with van der Waals surface area (Å²) < 4.78 is 16.0. The van der Waals surface area contributed by atoms with E-state index in [1.807, 2.05) is 0 Å². The van der Waals surface area contributed by atoms with Gasteiger partial charge >= 0.3 is 8.80 Å². The highest BCUT2D eigenvalue weighted by atomic mass is 79.9. The van der Waals surface area contributed by atoms with Crippen molar-refractivity contribution in [2.45, 2.75) is 12.5 Å². The molecule has 0 bridgehead atoms. The standard InChI is InChI=1S/C10H25BrN2O3Si/c1-14-17(15-2,16-3)10-4-6-12-8-9-13-7-5-11/h12-13H,4-10H2,1-3H3. The summed E-state index contributed by atoms with van der Waals surface area (Å²) in [4.78, 5) is 0. The van der Waals surface area contributed by atoms with Gasteiger partial charge in [-0.15, -0.1) is 0 Å². The number of nitrogens with one attached hydrogen (secondary N) is 2. The van der Waals surface area contributed by atoms with Crippen molar-refractivity contribution >= 4 is 24.7 Å². The van der Waals surface area contributed by atoms with Gasteiger partial charge in [0.1, 0.15) is 0 Å². The van der Waals surface area contributed by atoms with Crippen LogP contribution in [0.3, 0.4) is 0 Å². The van der Waals surface area contributed by atoms with Crippen LogP contribution in [0.2, 0.25) is 6.04 Å². The van der Waals surface area contributed by atoms with Gasteiger partial charge in [-0.1, -0.05) is 15.9 Å². The number of rotatable bonds is 12. The molecule has 0 aliphatic heterocycles. The largest absolute Gasteiger partial charge is 0.500 e. The summed E-state index contributed by atoms with van der Waals surface area (Å²) in [5, 5.41) is 7.66. The molecule has 0 heterocycles. The fourth-order valence-electron chi connectivity index (χ4n) is 1.48. The van der Waals surface area contributed by atoms with E-state index in [9.17, 15) is 0 Å². The predicted molar refractivity (Wildman–Crippen MR) is 75.7 cm³/mol. The summed E-state index contributed by atoms with van der Waals surface area (Å²) in [6.07, 6.45) is 1.00. The van der Waals surface area contributed by atoms with Gasteiger partial charge in [0.25, 0.3) is 0 Å². The molecule has 0 aliphatic carbocycles. The van der Waals surface area contributed by atoms with Gasteiger partial charge in [-0.2, -0.15) is 0 Å². The quantitative estimate of drug-likeness (QED) is 0.316. The van der Waals surface area contributed by atoms with Crippen molar-refractivity contribution in [1.29, 1.82) is 0 Å². The second-order valence-corrected chi connectivity index (χ2v) is 7.47. The molecule has 0 aromatic carbocycles. The minimum absolute atomic E-state index is 0.846. The lowest BCUT2D eigenvalue weighted by molar-refractivity contribution is 0.123. The fourth-order valence-corrected chi connectivity index (χ4v) is 3.48. The van der Waals surface area contributed by atoms with Gasteiger partial charge in [-0.05, 0) is 13.0 Å². The number of halogens is 1. The van der Waals surface area contributed by atoms with E-state index in [4.69, 9.17) is 13.3 Å². The summed E-state index contributed by atoms with van der Waals surface area (Å²) >= 11 is 3.37. The Kier molecular flexibility index (Phi) is 11.9. The molecular weight excluding hydrogens is 304 g/mol. The molecule has 0 rings (SSSR count). The number of alkyl halides is 1. The Hall–Kier alpha value is 0.497. The maximum absolute atomic E-state index is 5.35. The monoisotopic (exact) mass is 328 g/mol. The third-order valence-electron chi connectivity index (χ3n) is 2.52. The summed E-state index contributed by atoms with van der Waals surface area (Å²) in [5.74, 6) is 0. The highest BCUT2D eigenvalue weighted by Crippen LogP contribution is 2.14. The Labute approximate surface area is 114 Å². The molecule has 0 saturated heterocycles. The average molecular weight is 329 g/mol. The van der Waals surface area contributed by atoms with Gasteiger partial charge in [-0.3, -0.25) is 0 Å². The molecule has 0 unspecified atom stereocenters. The second-order valence-electron chi connectivity index (χ2n) is 3.59. The molecule has 0 atom stereocenters. The van der Waals surface area contributed by atoms with Gasteiger partial charge in [0.15, 0.2) is 0 Å². The van der Waals surface area contributed by atoms with E-state index < -0.39 is 8.80 Å². The highest BCUT2D eigenvalue weighted by Gasteiger charge is 2.36. The molecule has 0 radical (unpaired) electrons. The van der Waals surface area contributed by atoms with Crippen LogP contribution >= 0.6 is 15.9 Å². The SMILES string of the molecule is CO[Si](CCCNCCNCCBr)(OC)OC. The van der Waals surface area contributed by atoms with Crippen LogP contribution in [0.1, 0.15) is 6.42 Å². The number of hydrogen-bond acceptors (Lipinski definition) is 5. The average Bonchev–Trinajstić information content (AvgIpc) is 2.38. The smallest absolute Gasteiger partial charge is 0.377 e. The lowest BCUT2D eigenvalue weighted by Gasteiger charge is -2.24. The van der Waals surface area contributed by atoms with Crippen LogP contribution in [0.15, 0.2) is 0 Å². The second kappa shape index (κ2) is 11.6. The third kappa shape index (κ3) is 8.25. The molecule has 17 heavy (non-hydrogen) atoms. The van der Waals surface area contributed by atoms with Gasteiger partial charge in [-0.25, -0.2) is 0 Å². The summed E-state index contributed by atoms with van der Waals surface area (Å²) in [6.45, 7) is 3.94. The van der Waals surface area contributed by atoms with Crippen molar-refractivity contribution < 1.29 is 13.3 Å². The lowest BCUT2D eigenvalue weighted by Crippen LogP contribution is -2.43. The Balaban J connectivity index is 3.43. The Morgan fingerprint density at radius 2 is 1.41 bits per heavy atom. The molecule has 0 aromatic rings. The van der Waals surface area contributed by atoms with E-state index in [-0.39, 0.29) is 0 Å². The maximum atomic E-state index is 5.35. The van der Waals surface area contributed by atoms with Crippen LogP contribution in [0.25, 0.3) is 0 Å². The first-order chi connectivity index (χ1) is 8.24. The molecule has 0 fully saturated rings. The van der Waals surface area contributed by atoms with E-state index in [2.05, 4.69) is 26.6 Å². The molecule has 0 saturated carbocycles. The van der Waals surface area contributed by atoms with E-state index in [1.54, 1.807) is 21.3 Å². The molecule has 0 spiro atoms. The third-order valence-corrected chi connectivity index (χ3v) is 5.75. The normalized spacial score (nSPS) is 12.0. The molecule has 0 amide bonds. The Bertz CT molecular complexity index is 165. The van der Waals surface area contributed by atoms with E-state index >= 15 is 0 Å². The minimum atomic E-state index is -2.36. The van der Waals surface area contributed by atoms with Crippen LogP contribution in [0.5, 0.6) is 0 Å². The van der Waals surface area contributed by atoms with Crippen LogP contribution < -0.4 is 10.6 Å². The topological polar surface area (TPSA) is 51.8 Å². The van der Waals surface area contributed by atoms with Crippen molar-refractivity contribution in [2.75, 3.05) is 52.8 Å². The molecule has 7 heteroatoms. The Morgan fingerprint density at radius 3 is 1.88 bits per heavy atom. The molecule has 104 valence electrons. The first-order valence-corrected chi connectivity index (χ1v) is 8.93. The summed E-state index contributed by atoms with van der Waals surface area (Å²) in [6, 6.07) is 0.846. The van der Waals surface area contributed by atoms with E-state index in [1.165, 1.54) is 0 Å². The van der Waals surface area contributed by atoms with Crippen molar-refractivity contribution in [3.63, 3.8) is 0 Å². The molecular formula is C10H25BrN2O3Si. The highest BCUT2D eigenvalue weighted by molar-refractivity contribution is 9.09.